The van der Waals surface area contributed by atoms with Crippen molar-refractivity contribution in [2.24, 2.45) is 0 Å². The highest BCUT2D eigenvalue weighted by Gasteiger charge is 2.18. The lowest BCUT2D eigenvalue weighted by Gasteiger charge is -2.35. The predicted molar refractivity (Wildman–Crippen MR) is 126 cm³/mol. The summed E-state index contributed by atoms with van der Waals surface area (Å²) in [6.07, 6.45) is 1.68. The number of aromatic nitrogens is 2. The van der Waals surface area contributed by atoms with Gasteiger partial charge in [-0.25, -0.2) is 0 Å². The molecule has 1 saturated heterocycles. The molecule has 3 aromatic rings. The normalized spacial score (nSPS) is 13.5. The molecule has 0 N–H and O–H groups in total. The van der Waals surface area contributed by atoms with Gasteiger partial charge < -0.3 is 14.5 Å². The molecule has 0 bridgehead atoms. The van der Waals surface area contributed by atoms with Gasteiger partial charge in [0.15, 0.2) is 0 Å². The Labute approximate surface area is 194 Å². The van der Waals surface area contributed by atoms with Gasteiger partial charge in [0.25, 0.3) is 0 Å². The fourth-order valence-electron chi connectivity index (χ4n) is 3.87. The van der Waals surface area contributed by atoms with Crippen molar-refractivity contribution in [2.75, 3.05) is 31.1 Å². The summed E-state index contributed by atoms with van der Waals surface area (Å²) in [5, 5.41) is 17.4. The van der Waals surface area contributed by atoms with Crippen LogP contribution in [0.3, 0.4) is 0 Å². The molecule has 0 aliphatic carbocycles. The third-order valence-electron chi connectivity index (χ3n) is 5.83. The van der Waals surface area contributed by atoms with Crippen LogP contribution in [0.1, 0.15) is 29.3 Å². The van der Waals surface area contributed by atoms with Gasteiger partial charge in [-0.3, -0.25) is 4.79 Å². The highest BCUT2D eigenvalue weighted by atomic mass is 16.5. The first-order valence-corrected chi connectivity index (χ1v) is 11.1. The van der Waals surface area contributed by atoms with Gasteiger partial charge >= 0.3 is 0 Å². The van der Waals surface area contributed by atoms with E-state index in [1.807, 2.05) is 29.2 Å². The van der Waals surface area contributed by atoms with E-state index < -0.39 is 0 Å². The van der Waals surface area contributed by atoms with Crippen LogP contribution in [-0.4, -0.2) is 47.2 Å². The van der Waals surface area contributed by atoms with Crippen LogP contribution in [0.5, 0.6) is 5.88 Å². The molecule has 1 fully saturated rings. The van der Waals surface area contributed by atoms with E-state index >= 15 is 0 Å². The maximum absolute atomic E-state index is 11.5. The van der Waals surface area contributed by atoms with Gasteiger partial charge in [-0.2, -0.15) is 10.4 Å². The van der Waals surface area contributed by atoms with Gasteiger partial charge in [-0.05, 0) is 54.3 Å². The molecule has 2 heterocycles. The number of nitriles is 1. The van der Waals surface area contributed by atoms with Crippen molar-refractivity contribution >= 4 is 11.6 Å². The lowest BCUT2D eigenvalue weighted by Crippen LogP contribution is -2.48. The molecule has 2 aromatic carbocycles. The average Bonchev–Trinajstić information content (AvgIpc) is 2.87. The van der Waals surface area contributed by atoms with Crippen LogP contribution in [0.2, 0.25) is 0 Å². The van der Waals surface area contributed by atoms with E-state index in [2.05, 4.69) is 45.4 Å². The van der Waals surface area contributed by atoms with Gasteiger partial charge in [0.05, 0.1) is 17.3 Å². The minimum atomic E-state index is 0.151. The van der Waals surface area contributed by atoms with E-state index in [0.717, 1.165) is 50.3 Å². The van der Waals surface area contributed by atoms with Crippen molar-refractivity contribution in [1.82, 2.24) is 15.1 Å². The Bertz CT molecular complexity index is 1110. The van der Waals surface area contributed by atoms with Crippen molar-refractivity contribution in [2.45, 2.75) is 26.4 Å². The molecule has 33 heavy (non-hydrogen) atoms. The molecular formula is C26H27N5O2. The zero-order valence-electron chi connectivity index (χ0n) is 18.8. The molecule has 0 saturated carbocycles. The first-order chi connectivity index (χ1) is 16.1. The number of anilines is 1. The summed E-state index contributed by atoms with van der Waals surface area (Å²) in [6.45, 7) is 5.27. The summed E-state index contributed by atoms with van der Waals surface area (Å²) in [5.74, 6) is 0.619. The van der Waals surface area contributed by atoms with Crippen LogP contribution in [0.25, 0.3) is 0 Å². The van der Waals surface area contributed by atoms with Crippen LogP contribution < -0.4 is 9.64 Å². The molecule has 0 radical (unpaired) electrons. The minimum absolute atomic E-state index is 0.151. The maximum atomic E-state index is 11.5. The number of piperazine rings is 1. The molecule has 1 amide bonds. The molecule has 1 aromatic heterocycles. The van der Waals surface area contributed by atoms with Gasteiger partial charge in [0.1, 0.15) is 6.61 Å². The Balaban J connectivity index is 1.24. The number of aryl methyl sites for hydroxylation is 2. The fourth-order valence-corrected chi connectivity index (χ4v) is 3.87. The first kappa shape index (κ1) is 22.3. The number of ether oxygens (including phenoxy) is 1. The van der Waals surface area contributed by atoms with Crippen LogP contribution >= 0.6 is 0 Å². The second-order valence-electron chi connectivity index (χ2n) is 8.12. The summed E-state index contributed by atoms with van der Waals surface area (Å²) in [7, 11) is 0. The van der Waals surface area contributed by atoms with Gasteiger partial charge in [0, 0.05) is 44.9 Å². The SMILES string of the molecule is CC(=O)N1CCN(c2ccc(CCc3ccc(OCc4cccc(C#N)c4)nn3)cc2)CC1. The molecule has 0 spiro atoms. The number of rotatable bonds is 7. The average molecular weight is 442 g/mol. The fraction of sp³-hybridized carbons (Fsp3) is 0.308. The van der Waals surface area contributed by atoms with E-state index in [-0.39, 0.29) is 5.91 Å². The van der Waals surface area contributed by atoms with E-state index in [1.165, 1.54) is 11.3 Å². The van der Waals surface area contributed by atoms with E-state index in [4.69, 9.17) is 10.00 Å². The third kappa shape index (κ3) is 6.07. The standard InChI is InChI=1S/C26H27N5O2/c1-20(32)30-13-15-31(16-14-30)25-10-6-21(7-11-25)5-8-24-9-12-26(29-28-24)33-19-23-4-2-3-22(17-23)18-27/h2-4,6-7,9-12,17H,5,8,13-16,19H2,1H3. The molecule has 0 unspecified atom stereocenters. The molecule has 1 aliphatic rings. The Morgan fingerprint density at radius 1 is 0.970 bits per heavy atom. The smallest absolute Gasteiger partial charge is 0.233 e. The topological polar surface area (TPSA) is 82.4 Å². The van der Waals surface area contributed by atoms with Gasteiger partial charge in [-0.15, -0.1) is 5.10 Å². The summed E-state index contributed by atoms with van der Waals surface area (Å²) < 4.78 is 5.69. The summed E-state index contributed by atoms with van der Waals surface area (Å²) >= 11 is 0. The number of hydrogen-bond acceptors (Lipinski definition) is 6. The Kier molecular flexibility index (Phi) is 7.16. The highest BCUT2D eigenvalue weighted by molar-refractivity contribution is 5.73. The maximum Gasteiger partial charge on any atom is 0.233 e. The Hall–Kier alpha value is -3.92. The van der Waals surface area contributed by atoms with Crippen molar-refractivity contribution in [1.29, 1.82) is 5.26 Å². The van der Waals surface area contributed by atoms with Crippen LogP contribution in [0.4, 0.5) is 5.69 Å². The number of carbonyl (C=O) groups excluding carboxylic acids is 1. The second kappa shape index (κ2) is 10.6. The molecule has 1 aliphatic heterocycles. The zero-order valence-corrected chi connectivity index (χ0v) is 18.8. The lowest BCUT2D eigenvalue weighted by molar-refractivity contribution is -0.129. The quantitative estimate of drug-likeness (QED) is 0.559. The van der Waals surface area contributed by atoms with Crippen molar-refractivity contribution in [3.63, 3.8) is 0 Å². The van der Waals surface area contributed by atoms with E-state index in [0.29, 0.717) is 18.1 Å². The van der Waals surface area contributed by atoms with Crippen LogP contribution in [-0.2, 0) is 24.2 Å². The number of nitrogens with zero attached hydrogens (tertiary/aromatic N) is 5. The Morgan fingerprint density at radius 2 is 1.76 bits per heavy atom. The molecule has 7 heteroatoms. The molecular weight excluding hydrogens is 414 g/mol. The first-order valence-electron chi connectivity index (χ1n) is 11.1. The van der Waals surface area contributed by atoms with Gasteiger partial charge in [-0.1, -0.05) is 24.3 Å². The lowest BCUT2D eigenvalue weighted by atomic mass is 10.1. The predicted octanol–water partition coefficient (Wildman–Crippen LogP) is 3.38. The molecule has 7 nitrogen and oxygen atoms in total. The number of benzene rings is 2. The third-order valence-corrected chi connectivity index (χ3v) is 5.83. The number of hydrogen-bond donors (Lipinski definition) is 0. The monoisotopic (exact) mass is 441 g/mol. The largest absolute Gasteiger partial charge is 0.472 e. The second-order valence-corrected chi connectivity index (χ2v) is 8.12. The van der Waals surface area contributed by atoms with E-state index in [9.17, 15) is 4.79 Å². The number of carbonyl (C=O) groups is 1. The molecule has 4 rings (SSSR count). The molecule has 0 atom stereocenters. The van der Waals surface area contributed by atoms with E-state index in [1.54, 1.807) is 19.1 Å². The molecule has 168 valence electrons. The van der Waals surface area contributed by atoms with Crippen LogP contribution in [0.15, 0.2) is 60.7 Å². The number of amides is 1. The Morgan fingerprint density at radius 3 is 2.42 bits per heavy atom. The van der Waals surface area contributed by atoms with Crippen molar-refractivity contribution in [3.8, 4) is 11.9 Å². The summed E-state index contributed by atoms with van der Waals surface area (Å²) in [6, 6.07) is 21.9. The minimum Gasteiger partial charge on any atom is -0.472 e. The van der Waals surface area contributed by atoms with Crippen LogP contribution in [0, 0.1) is 11.3 Å². The van der Waals surface area contributed by atoms with Crippen molar-refractivity contribution < 1.29 is 9.53 Å². The van der Waals surface area contributed by atoms with Crippen molar-refractivity contribution in [3.05, 3.63) is 83.0 Å². The zero-order chi connectivity index (χ0) is 23.0. The summed E-state index contributed by atoms with van der Waals surface area (Å²) in [5.41, 5.74) is 4.90. The highest BCUT2D eigenvalue weighted by Crippen LogP contribution is 2.18. The van der Waals surface area contributed by atoms with Gasteiger partial charge in [0.2, 0.25) is 11.8 Å². The summed E-state index contributed by atoms with van der Waals surface area (Å²) in [4.78, 5) is 15.7.